The Kier molecular flexibility index (Phi) is 5.28. The number of hydrogen-bond donors (Lipinski definition) is 2. The molecule has 1 saturated heterocycles. The largest absolute Gasteiger partial charge is 0.493 e. The third-order valence-electron chi connectivity index (χ3n) is 4.57. The maximum absolute atomic E-state index is 11.5. The first-order chi connectivity index (χ1) is 11.6. The van der Waals surface area contributed by atoms with Gasteiger partial charge >= 0.3 is 0 Å². The molecule has 1 fully saturated rings. The van der Waals surface area contributed by atoms with Crippen LogP contribution in [0.5, 0.6) is 5.75 Å². The summed E-state index contributed by atoms with van der Waals surface area (Å²) in [4.78, 5) is 4.20. The van der Waals surface area contributed by atoms with Gasteiger partial charge < -0.3 is 15.4 Å². The van der Waals surface area contributed by atoms with Crippen LogP contribution in [-0.4, -0.2) is 52.6 Å². The van der Waals surface area contributed by atoms with Gasteiger partial charge in [0.25, 0.3) is 0 Å². The van der Waals surface area contributed by atoms with E-state index in [1.54, 1.807) is 7.05 Å². The van der Waals surface area contributed by atoms with Crippen LogP contribution in [0.4, 0.5) is 0 Å². The molecule has 0 amide bonds. The normalized spacial score (nSPS) is 22.0. The summed E-state index contributed by atoms with van der Waals surface area (Å²) in [5, 5.41) is 6.52. The standard InChI is InChI=1S/C17H25N3O3S/c1-18-17(20-11-14-6-9-24(21,22)12-14)19-7-4-13-2-3-16-15(10-13)5-8-23-16/h2-3,10,14H,4-9,11-12H2,1H3,(H2,18,19,20). The molecule has 2 N–H and O–H groups in total. The minimum absolute atomic E-state index is 0.185. The molecule has 0 radical (unpaired) electrons. The first kappa shape index (κ1) is 17.1. The number of guanidine groups is 1. The van der Waals surface area contributed by atoms with E-state index in [-0.39, 0.29) is 11.7 Å². The lowest BCUT2D eigenvalue weighted by Gasteiger charge is -2.14. The Morgan fingerprint density at radius 2 is 2.25 bits per heavy atom. The van der Waals surface area contributed by atoms with Gasteiger partial charge in [0.2, 0.25) is 0 Å². The fourth-order valence-corrected chi connectivity index (χ4v) is 5.08. The summed E-state index contributed by atoms with van der Waals surface area (Å²) in [6, 6.07) is 6.36. The first-order valence-corrected chi connectivity index (χ1v) is 10.3. The molecule has 3 rings (SSSR count). The van der Waals surface area contributed by atoms with Crippen molar-refractivity contribution in [3.8, 4) is 5.75 Å². The third-order valence-corrected chi connectivity index (χ3v) is 6.41. The third kappa shape index (κ3) is 4.41. The molecule has 6 nitrogen and oxygen atoms in total. The minimum Gasteiger partial charge on any atom is -0.493 e. The van der Waals surface area contributed by atoms with Gasteiger partial charge in [0.15, 0.2) is 15.8 Å². The van der Waals surface area contributed by atoms with Crippen LogP contribution in [0.2, 0.25) is 0 Å². The second-order valence-electron chi connectivity index (χ2n) is 6.44. The summed E-state index contributed by atoms with van der Waals surface area (Å²) in [7, 11) is -1.09. The molecule has 1 aromatic rings. The van der Waals surface area contributed by atoms with Crippen LogP contribution < -0.4 is 15.4 Å². The molecule has 7 heteroatoms. The van der Waals surface area contributed by atoms with Gasteiger partial charge in [-0.3, -0.25) is 4.99 Å². The lowest BCUT2D eigenvalue weighted by atomic mass is 10.1. The van der Waals surface area contributed by atoms with Crippen LogP contribution in [-0.2, 0) is 22.7 Å². The lowest BCUT2D eigenvalue weighted by Crippen LogP contribution is -2.40. The van der Waals surface area contributed by atoms with E-state index in [9.17, 15) is 8.42 Å². The van der Waals surface area contributed by atoms with E-state index in [1.165, 1.54) is 11.1 Å². The maximum atomic E-state index is 11.5. The molecule has 2 heterocycles. The molecule has 24 heavy (non-hydrogen) atoms. The van der Waals surface area contributed by atoms with Crippen molar-refractivity contribution in [2.24, 2.45) is 10.9 Å². The van der Waals surface area contributed by atoms with E-state index in [0.29, 0.717) is 12.3 Å². The van der Waals surface area contributed by atoms with Crippen molar-refractivity contribution in [3.05, 3.63) is 29.3 Å². The molecule has 2 aliphatic heterocycles. The summed E-state index contributed by atoms with van der Waals surface area (Å²) in [5.74, 6) is 2.52. The highest BCUT2D eigenvalue weighted by Crippen LogP contribution is 2.25. The van der Waals surface area contributed by atoms with Gasteiger partial charge in [-0.2, -0.15) is 0 Å². The Morgan fingerprint density at radius 1 is 1.38 bits per heavy atom. The highest BCUT2D eigenvalue weighted by molar-refractivity contribution is 7.91. The van der Waals surface area contributed by atoms with E-state index in [4.69, 9.17) is 4.74 Å². The number of ether oxygens (including phenoxy) is 1. The second-order valence-corrected chi connectivity index (χ2v) is 8.67. The fraction of sp³-hybridized carbons (Fsp3) is 0.588. The topological polar surface area (TPSA) is 79.8 Å². The van der Waals surface area contributed by atoms with Crippen LogP contribution in [0.25, 0.3) is 0 Å². The number of nitrogens with one attached hydrogen (secondary N) is 2. The summed E-state index contributed by atoms with van der Waals surface area (Å²) >= 11 is 0. The molecule has 2 aliphatic rings. The van der Waals surface area contributed by atoms with Gasteiger partial charge in [-0.25, -0.2) is 8.42 Å². The van der Waals surface area contributed by atoms with E-state index >= 15 is 0 Å². The Balaban J connectivity index is 1.41. The second kappa shape index (κ2) is 7.42. The number of hydrogen-bond acceptors (Lipinski definition) is 4. The van der Waals surface area contributed by atoms with Crippen LogP contribution in [0.1, 0.15) is 17.5 Å². The number of sulfone groups is 1. The van der Waals surface area contributed by atoms with E-state index < -0.39 is 9.84 Å². The Bertz CT molecular complexity index is 716. The van der Waals surface area contributed by atoms with Crippen LogP contribution in [0, 0.1) is 5.92 Å². The molecule has 0 spiro atoms. The number of benzene rings is 1. The van der Waals surface area contributed by atoms with Crippen molar-refractivity contribution in [2.45, 2.75) is 19.3 Å². The summed E-state index contributed by atoms with van der Waals surface area (Å²) in [6.45, 7) is 2.21. The number of nitrogens with zero attached hydrogens (tertiary/aromatic N) is 1. The van der Waals surface area contributed by atoms with Crippen molar-refractivity contribution in [1.82, 2.24) is 10.6 Å². The number of rotatable bonds is 5. The highest BCUT2D eigenvalue weighted by Gasteiger charge is 2.27. The first-order valence-electron chi connectivity index (χ1n) is 8.45. The average molecular weight is 351 g/mol. The SMILES string of the molecule is CN=C(NCCc1ccc2c(c1)CCO2)NCC1CCS(=O)(=O)C1. The smallest absolute Gasteiger partial charge is 0.190 e. The lowest BCUT2D eigenvalue weighted by molar-refractivity contribution is 0.357. The molecule has 0 bridgehead atoms. The van der Waals surface area contributed by atoms with Crippen LogP contribution in [0.15, 0.2) is 23.2 Å². The van der Waals surface area contributed by atoms with E-state index in [1.807, 2.05) is 6.07 Å². The van der Waals surface area contributed by atoms with Gasteiger partial charge in [-0.15, -0.1) is 0 Å². The summed E-state index contributed by atoms with van der Waals surface area (Å²) in [5.41, 5.74) is 2.57. The molecular weight excluding hydrogens is 326 g/mol. The zero-order valence-electron chi connectivity index (χ0n) is 14.0. The van der Waals surface area contributed by atoms with Crippen LogP contribution in [0.3, 0.4) is 0 Å². The predicted molar refractivity (Wildman–Crippen MR) is 95.5 cm³/mol. The molecule has 0 saturated carbocycles. The highest BCUT2D eigenvalue weighted by atomic mass is 32.2. The molecule has 1 atom stereocenters. The fourth-order valence-electron chi connectivity index (χ4n) is 3.22. The van der Waals surface area contributed by atoms with Gasteiger partial charge in [-0.05, 0) is 36.0 Å². The van der Waals surface area contributed by atoms with Crippen LogP contribution >= 0.6 is 0 Å². The quantitative estimate of drug-likeness (QED) is 0.605. The molecular formula is C17H25N3O3S. The van der Waals surface area contributed by atoms with E-state index in [0.717, 1.165) is 44.1 Å². The minimum atomic E-state index is -2.82. The van der Waals surface area contributed by atoms with Crippen molar-refractivity contribution in [2.75, 3.05) is 38.2 Å². The van der Waals surface area contributed by atoms with Gasteiger partial charge in [0.1, 0.15) is 5.75 Å². The predicted octanol–water partition coefficient (Wildman–Crippen LogP) is 0.764. The maximum Gasteiger partial charge on any atom is 0.190 e. The van der Waals surface area contributed by atoms with Crippen molar-refractivity contribution in [1.29, 1.82) is 0 Å². The van der Waals surface area contributed by atoms with Gasteiger partial charge in [0, 0.05) is 26.6 Å². The zero-order chi connectivity index (χ0) is 17.0. The van der Waals surface area contributed by atoms with Crippen molar-refractivity contribution < 1.29 is 13.2 Å². The zero-order valence-corrected chi connectivity index (χ0v) is 14.9. The molecule has 1 aromatic carbocycles. The number of fused-ring (bicyclic) bond motifs is 1. The van der Waals surface area contributed by atoms with E-state index in [2.05, 4.69) is 27.8 Å². The Morgan fingerprint density at radius 3 is 3.00 bits per heavy atom. The molecule has 0 aromatic heterocycles. The van der Waals surface area contributed by atoms with Gasteiger partial charge in [-0.1, -0.05) is 12.1 Å². The van der Waals surface area contributed by atoms with Crippen molar-refractivity contribution in [3.63, 3.8) is 0 Å². The summed E-state index contributed by atoms with van der Waals surface area (Å²) in [6.07, 6.45) is 2.64. The number of aliphatic imine (C=N–C) groups is 1. The monoisotopic (exact) mass is 351 g/mol. The Labute approximate surface area is 143 Å². The average Bonchev–Trinajstić information content (AvgIpc) is 3.16. The summed E-state index contributed by atoms with van der Waals surface area (Å²) < 4.78 is 28.5. The molecule has 1 unspecified atom stereocenters. The van der Waals surface area contributed by atoms with Crippen molar-refractivity contribution >= 4 is 15.8 Å². The Hall–Kier alpha value is -1.76. The van der Waals surface area contributed by atoms with Gasteiger partial charge in [0.05, 0.1) is 18.1 Å². The molecule has 0 aliphatic carbocycles. The molecule has 132 valence electrons.